The lowest BCUT2D eigenvalue weighted by molar-refractivity contribution is -0.160. The van der Waals surface area contributed by atoms with E-state index in [0.29, 0.717) is 6.04 Å². The van der Waals surface area contributed by atoms with Crippen LogP contribution in [-0.2, 0) is 14.3 Å². The van der Waals surface area contributed by atoms with Crippen LogP contribution in [0.5, 0.6) is 0 Å². The second-order valence-corrected chi connectivity index (χ2v) is 7.13. The first kappa shape index (κ1) is 14.7. The molecule has 0 N–H and O–H groups in total. The van der Waals surface area contributed by atoms with Crippen molar-refractivity contribution in [3.8, 4) is 0 Å². The van der Waals surface area contributed by atoms with Gasteiger partial charge in [0.25, 0.3) is 5.91 Å². The third kappa shape index (κ3) is 2.19. The van der Waals surface area contributed by atoms with E-state index in [0.717, 1.165) is 24.9 Å². The van der Waals surface area contributed by atoms with E-state index in [-0.39, 0.29) is 23.7 Å². The highest BCUT2D eigenvalue weighted by molar-refractivity contribution is 5.96. The zero-order chi connectivity index (χ0) is 16.0. The van der Waals surface area contributed by atoms with E-state index in [1.807, 2.05) is 35.2 Å². The van der Waals surface area contributed by atoms with E-state index in [1.54, 1.807) is 0 Å². The van der Waals surface area contributed by atoms with Gasteiger partial charge in [-0.2, -0.15) is 0 Å². The van der Waals surface area contributed by atoms with Gasteiger partial charge >= 0.3 is 5.97 Å². The Balaban J connectivity index is 1.61. The fraction of sp³-hybridized carbons (Fsp3) is 0.579. The molecule has 3 atom stereocenters. The lowest BCUT2D eigenvalue weighted by atomic mass is 9.93. The first-order valence-corrected chi connectivity index (χ1v) is 8.70. The summed E-state index contributed by atoms with van der Waals surface area (Å²) in [6.45, 7) is 2.14. The molecular formula is C19H23NO3. The fourth-order valence-corrected chi connectivity index (χ4v) is 4.75. The van der Waals surface area contributed by atoms with Crippen molar-refractivity contribution >= 4 is 11.9 Å². The van der Waals surface area contributed by atoms with E-state index in [1.165, 1.54) is 26.2 Å². The Hall–Kier alpha value is -1.84. The monoisotopic (exact) mass is 313 g/mol. The van der Waals surface area contributed by atoms with Crippen molar-refractivity contribution in [2.24, 2.45) is 5.92 Å². The minimum atomic E-state index is -0.926. The Labute approximate surface area is 136 Å². The molecule has 1 aromatic carbocycles. The molecule has 1 aliphatic heterocycles. The lowest BCUT2D eigenvalue weighted by Gasteiger charge is -2.33. The number of piperidine rings is 1. The topological polar surface area (TPSA) is 46.6 Å². The van der Waals surface area contributed by atoms with Gasteiger partial charge in [-0.3, -0.25) is 9.59 Å². The summed E-state index contributed by atoms with van der Waals surface area (Å²) in [5, 5.41) is 0. The first-order valence-electron chi connectivity index (χ1n) is 8.70. The molecule has 4 nitrogen and oxygen atoms in total. The van der Waals surface area contributed by atoms with E-state index < -0.39 is 5.60 Å². The summed E-state index contributed by atoms with van der Waals surface area (Å²) in [6.07, 6.45) is 5.84. The summed E-state index contributed by atoms with van der Waals surface area (Å²) in [4.78, 5) is 26.8. The first-order chi connectivity index (χ1) is 11.1. The Bertz CT molecular complexity index is 623. The van der Waals surface area contributed by atoms with Crippen LogP contribution >= 0.6 is 0 Å². The van der Waals surface area contributed by atoms with E-state index in [2.05, 4.69) is 0 Å². The molecule has 23 heavy (non-hydrogen) atoms. The summed E-state index contributed by atoms with van der Waals surface area (Å²) in [5.41, 5.74) is 0.181. The summed E-state index contributed by atoms with van der Waals surface area (Å²) in [5.74, 6) is -0.172. The molecule has 2 saturated carbocycles. The SMILES string of the molecule is CC(=O)OC12C(=O)N(C3CCCCC3)CC1C2c1ccccc1. The number of likely N-dealkylation sites (tertiary alicyclic amines) is 1. The maximum absolute atomic E-state index is 13.1. The molecule has 1 aromatic rings. The molecule has 0 radical (unpaired) electrons. The molecule has 3 unspecified atom stereocenters. The quantitative estimate of drug-likeness (QED) is 0.806. The Morgan fingerprint density at radius 3 is 2.52 bits per heavy atom. The van der Waals surface area contributed by atoms with Crippen LogP contribution in [0.4, 0.5) is 0 Å². The van der Waals surface area contributed by atoms with Gasteiger partial charge < -0.3 is 9.64 Å². The predicted molar refractivity (Wildman–Crippen MR) is 85.8 cm³/mol. The van der Waals surface area contributed by atoms with E-state index >= 15 is 0 Å². The molecule has 122 valence electrons. The van der Waals surface area contributed by atoms with Crippen LogP contribution in [0, 0.1) is 5.92 Å². The second kappa shape index (κ2) is 5.36. The average molecular weight is 313 g/mol. The normalized spacial score (nSPS) is 33.4. The summed E-state index contributed by atoms with van der Waals surface area (Å²) >= 11 is 0. The lowest BCUT2D eigenvalue weighted by Crippen LogP contribution is -2.45. The molecule has 0 aromatic heterocycles. The van der Waals surface area contributed by atoms with Gasteiger partial charge in [-0.15, -0.1) is 0 Å². The van der Waals surface area contributed by atoms with Crippen LogP contribution in [-0.4, -0.2) is 35.0 Å². The zero-order valence-electron chi connectivity index (χ0n) is 13.5. The Kier molecular flexibility index (Phi) is 3.43. The molecule has 4 rings (SSSR count). The van der Waals surface area contributed by atoms with Crippen LogP contribution in [0.1, 0.15) is 50.5 Å². The predicted octanol–water partition coefficient (Wildman–Crippen LogP) is 2.88. The number of rotatable bonds is 3. The number of fused-ring (bicyclic) bond motifs is 1. The number of amides is 1. The smallest absolute Gasteiger partial charge is 0.303 e. The summed E-state index contributed by atoms with van der Waals surface area (Å²) in [6, 6.07) is 10.3. The second-order valence-electron chi connectivity index (χ2n) is 7.13. The van der Waals surface area contributed by atoms with Crippen molar-refractivity contribution in [1.29, 1.82) is 0 Å². The van der Waals surface area contributed by atoms with Gasteiger partial charge in [0.15, 0.2) is 0 Å². The Morgan fingerprint density at radius 2 is 1.87 bits per heavy atom. The molecule has 1 heterocycles. The van der Waals surface area contributed by atoms with Gasteiger partial charge in [-0.1, -0.05) is 49.6 Å². The van der Waals surface area contributed by atoms with E-state index in [9.17, 15) is 9.59 Å². The van der Waals surface area contributed by atoms with Gasteiger partial charge in [-0.05, 0) is 18.4 Å². The molecule has 3 fully saturated rings. The van der Waals surface area contributed by atoms with Crippen molar-refractivity contribution in [3.05, 3.63) is 35.9 Å². The molecule has 2 aliphatic carbocycles. The van der Waals surface area contributed by atoms with Crippen molar-refractivity contribution in [2.75, 3.05) is 6.54 Å². The number of carbonyl (C=O) groups is 2. The molecule has 0 bridgehead atoms. The van der Waals surface area contributed by atoms with E-state index in [4.69, 9.17) is 4.74 Å². The maximum Gasteiger partial charge on any atom is 0.303 e. The number of hydrogen-bond donors (Lipinski definition) is 0. The van der Waals surface area contributed by atoms with Crippen LogP contribution in [0.15, 0.2) is 30.3 Å². The van der Waals surface area contributed by atoms with Crippen LogP contribution in [0.25, 0.3) is 0 Å². The number of benzene rings is 1. The third-order valence-electron chi connectivity index (χ3n) is 5.78. The van der Waals surface area contributed by atoms with Crippen molar-refractivity contribution in [3.63, 3.8) is 0 Å². The summed E-state index contributed by atoms with van der Waals surface area (Å²) < 4.78 is 5.64. The highest BCUT2D eigenvalue weighted by Crippen LogP contribution is 2.65. The maximum atomic E-state index is 13.1. The van der Waals surface area contributed by atoms with Crippen molar-refractivity contribution in [1.82, 2.24) is 4.90 Å². The molecular weight excluding hydrogens is 290 g/mol. The van der Waals surface area contributed by atoms with Gasteiger partial charge in [0.05, 0.1) is 0 Å². The number of ether oxygens (including phenoxy) is 1. The number of nitrogens with zero attached hydrogens (tertiary/aromatic N) is 1. The van der Waals surface area contributed by atoms with Gasteiger partial charge in [-0.25, -0.2) is 0 Å². The van der Waals surface area contributed by atoms with Crippen molar-refractivity contribution < 1.29 is 14.3 Å². The van der Waals surface area contributed by atoms with Crippen LogP contribution in [0.2, 0.25) is 0 Å². The van der Waals surface area contributed by atoms with Crippen LogP contribution in [0.3, 0.4) is 0 Å². The van der Waals surface area contributed by atoms with Crippen molar-refractivity contribution in [2.45, 2.75) is 56.6 Å². The molecule has 3 aliphatic rings. The average Bonchev–Trinajstić information content (AvgIpc) is 3.11. The Morgan fingerprint density at radius 1 is 1.17 bits per heavy atom. The van der Waals surface area contributed by atoms with Gasteiger partial charge in [0.2, 0.25) is 5.60 Å². The summed E-state index contributed by atoms with van der Waals surface area (Å²) in [7, 11) is 0. The zero-order valence-corrected chi connectivity index (χ0v) is 13.5. The minimum Gasteiger partial charge on any atom is -0.448 e. The largest absolute Gasteiger partial charge is 0.448 e. The minimum absolute atomic E-state index is 0.0277. The molecule has 1 saturated heterocycles. The number of esters is 1. The van der Waals surface area contributed by atoms with Gasteiger partial charge in [0, 0.05) is 31.3 Å². The molecule has 1 amide bonds. The highest BCUT2D eigenvalue weighted by atomic mass is 16.6. The van der Waals surface area contributed by atoms with Crippen LogP contribution < -0.4 is 0 Å². The molecule has 0 spiro atoms. The standard InChI is InChI=1S/C19H23NO3/c1-13(21)23-19-16(17(19)14-8-4-2-5-9-14)12-20(18(19)22)15-10-6-3-7-11-15/h2,4-5,8-9,15-17H,3,6-7,10-12H2,1H3. The number of hydrogen-bond acceptors (Lipinski definition) is 3. The molecule has 4 heteroatoms. The van der Waals surface area contributed by atoms with Gasteiger partial charge in [0.1, 0.15) is 0 Å². The number of carbonyl (C=O) groups excluding carboxylic acids is 2. The third-order valence-corrected chi connectivity index (χ3v) is 5.78. The highest BCUT2D eigenvalue weighted by Gasteiger charge is 2.78. The fourth-order valence-electron chi connectivity index (χ4n) is 4.75.